The molecule has 5 nitrogen and oxygen atoms in total. The maximum atomic E-state index is 12.2. The van der Waals surface area contributed by atoms with E-state index in [9.17, 15) is 9.59 Å². The Labute approximate surface area is 146 Å². The second-order valence-electron chi connectivity index (χ2n) is 5.93. The first-order valence-electron chi connectivity index (χ1n) is 7.57. The van der Waals surface area contributed by atoms with Crippen LogP contribution in [0.25, 0.3) is 0 Å². The molecule has 1 aliphatic rings. The van der Waals surface area contributed by atoms with Gasteiger partial charge >= 0.3 is 0 Å². The van der Waals surface area contributed by atoms with E-state index in [-0.39, 0.29) is 24.2 Å². The highest BCUT2D eigenvalue weighted by atomic mass is 35.5. The van der Waals surface area contributed by atoms with E-state index >= 15 is 0 Å². The van der Waals surface area contributed by atoms with E-state index in [0.29, 0.717) is 28.8 Å². The summed E-state index contributed by atoms with van der Waals surface area (Å²) in [5, 5.41) is 3.63. The van der Waals surface area contributed by atoms with Crippen LogP contribution in [-0.2, 0) is 9.59 Å². The minimum absolute atomic E-state index is 0.0854. The van der Waals surface area contributed by atoms with Crippen LogP contribution in [0, 0.1) is 5.92 Å². The number of nitrogens with zero attached hydrogens (tertiary/aromatic N) is 2. The molecule has 1 atom stereocenters. The second kappa shape index (κ2) is 7.99. The topological polar surface area (TPSA) is 52.7 Å². The molecule has 1 heterocycles. The van der Waals surface area contributed by atoms with Gasteiger partial charge in [0.15, 0.2) is 0 Å². The Hall–Kier alpha value is -1.30. The van der Waals surface area contributed by atoms with E-state index in [0.717, 1.165) is 13.0 Å². The molecule has 0 saturated carbocycles. The minimum Gasteiger partial charge on any atom is -0.356 e. The van der Waals surface area contributed by atoms with Crippen molar-refractivity contribution in [2.75, 3.05) is 38.6 Å². The quantitative estimate of drug-likeness (QED) is 0.795. The number of carbonyl (C=O) groups excluding carboxylic acids is 2. The molecular weight excluding hydrogens is 337 g/mol. The average Bonchev–Trinajstić information content (AvgIpc) is 2.88. The summed E-state index contributed by atoms with van der Waals surface area (Å²) >= 11 is 12.2. The van der Waals surface area contributed by atoms with Crippen molar-refractivity contribution in [3.05, 3.63) is 28.2 Å². The van der Waals surface area contributed by atoms with Gasteiger partial charge in [-0.25, -0.2) is 0 Å². The lowest BCUT2D eigenvalue weighted by Gasteiger charge is -2.18. The Balaban J connectivity index is 1.94. The number of benzene rings is 1. The van der Waals surface area contributed by atoms with Crippen molar-refractivity contribution in [2.24, 2.45) is 5.92 Å². The zero-order valence-electron chi connectivity index (χ0n) is 13.3. The Kier molecular flexibility index (Phi) is 6.27. The lowest BCUT2D eigenvalue weighted by atomic mass is 10.1. The van der Waals surface area contributed by atoms with Crippen molar-refractivity contribution in [1.29, 1.82) is 0 Å². The van der Waals surface area contributed by atoms with Gasteiger partial charge in [-0.2, -0.15) is 0 Å². The zero-order valence-corrected chi connectivity index (χ0v) is 14.8. The molecule has 0 aliphatic carbocycles. The molecule has 1 aromatic carbocycles. The van der Waals surface area contributed by atoms with Crippen LogP contribution >= 0.6 is 23.2 Å². The molecule has 1 aliphatic heterocycles. The molecule has 1 aromatic rings. The van der Waals surface area contributed by atoms with E-state index in [4.69, 9.17) is 23.2 Å². The molecular formula is C16H21Cl2N3O2. The highest BCUT2D eigenvalue weighted by Crippen LogP contribution is 2.35. The van der Waals surface area contributed by atoms with Crippen LogP contribution in [-0.4, -0.2) is 50.4 Å². The summed E-state index contributed by atoms with van der Waals surface area (Å²) in [5.41, 5.74) is 0.562. The summed E-state index contributed by atoms with van der Waals surface area (Å²) in [6.07, 6.45) is 1.07. The lowest BCUT2D eigenvalue weighted by molar-refractivity contribution is -0.126. The van der Waals surface area contributed by atoms with Crippen molar-refractivity contribution in [2.45, 2.75) is 12.8 Å². The number of amides is 2. The fourth-order valence-electron chi connectivity index (χ4n) is 2.57. The Morgan fingerprint density at radius 3 is 2.83 bits per heavy atom. The van der Waals surface area contributed by atoms with Crippen LogP contribution in [0.2, 0.25) is 10.0 Å². The predicted molar refractivity (Wildman–Crippen MR) is 93.1 cm³/mol. The van der Waals surface area contributed by atoms with E-state index < -0.39 is 0 Å². The van der Waals surface area contributed by atoms with E-state index in [1.54, 1.807) is 18.2 Å². The van der Waals surface area contributed by atoms with Gasteiger partial charge < -0.3 is 15.1 Å². The summed E-state index contributed by atoms with van der Waals surface area (Å²) in [4.78, 5) is 28.0. The van der Waals surface area contributed by atoms with Crippen molar-refractivity contribution < 1.29 is 9.59 Å². The molecule has 1 saturated heterocycles. The summed E-state index contributed by atoms with van der Waals surface area (Å²) < 4.78 is 0. The third-order valence-electron chi connectivity index (χ3n) is 3.80. The van der Waals surface area contributed by atoms with E-state index in [2.05, 4.69) is 10.2 Å². The first kappa shape index (κ1) is 18.0. The number of hydrogen-bond acceptors (Lipinski definition) is 3. The number of anilines is 1. The molecule has 0 spiro atoms. The molecule has 2 rings (SSSR count). The van der Waals surface area contributed by atoms with Gasteiger partial charge in [0.25, 0.3) is 0 Å². The standard InChI is InChI=1S/C16H21Cl2N3O2/c1-20(2)8-4-7-19-16(23)11-9-14(22)21(10-11)13-6-3-5-12(17)15(13)18/h3,5-6,11H,4,7-10H2,1-2H3,(H,19,23). The van der Waals surface area contributed by atoms with E-state index in [1.807, 2.05) is 14.1 Å². The average molecular weight is 358 g/mol. The van der Waals surface area contributed by atoms with Gasteiger partial charge in [0.05, 0.1) is 21.7 Å². The monoisotopic (exact) mass is 357 g/mol. The fourth-order valence-corrected chi connectivity index (χ4v) is 2.97. The van der Waals surface area contributed by atoms with Crippen molar-refractivity contribution in [1.82, 2.24) is 10.2 Å². The largest absolute Gasteiger partial charge is 0.356 e. The normalized spacial score (nSPS) is 17.9. The Bertz CT molecular complexity index is 593. The molecule has 1 N–H and O–H groups in total. The second-order valence-corrected chi connectivity index (χ2v) is 6.71. The number of rotatable bonds is 6. The highest BCUT2D eigenvalue weighted by Gasteiger charge is 2.35. The molecule has 0 bridgehead atoms. The van der Waals surface area contributed by atoms with Crippen LogP contribution in [0.3, 0.4) is 0 Å². The number of halogens is 2. The zero-order chi connectivity index (χ0) is 17.0. The summed E-state index contributed by atoms with van der Waals surface area (Å²) in [7, 11) is 3.98. The van der Waals surface area contributed by atoms with Crippen LogP contribution in [0.1, 0.15) is 12.8 Å². The number of hydrogen-bond donors (Lipinski definition) is 1. The maximum absolute atomic E-state index is 12.2. The van der Waals surface area contributed by atoms with E-state index in [1.165, 1.54) is 4.90 Å². The highest BCUT2D eigenvalue weighted by molar-refractivity contribution is 6.44. The van der Waals surface area contributed by atoms with Gasteiger partial charge in [-0.15, -0.1) is 0 Å². The van der Waals surface area contributed by atoms with Crippen molar-refractivity contribution in [3.63, 3.8) is 0 Å². The molecule has 1 unspecified atom stereocenters. The van der Waals surface area contributed by atoms with Crippen LogP contribution in [0.15, 0.2) is 18.2 Å². The van der Waals surface area contributed by atoms with Gasteiger partial charge in [0, 0.05) is 19.5 Å². The first-order chi connectivity index (χ1) is 10.9. The maximum Gasteiger partial charge on any atom is 0.227 e. The van der Waals surface area contributed by atoms with Gasteiger partial charge in [-0.05, 0) is 39.2 Å². The van der Waals surface area contributed by atoms with Gasteiger partial charge in [0.2, 0.25) is 11.8 Å². The van der Waals surface area contributed by atoms with Gasteiger partial charge in [-0.1, -0.05) is 29.3 Å². The minimum atomic E-state index is -0.350. The summed E-state index contributed by atoms with van der Waals surface area (Å²) in [6, 6.07) is 5.15. The van der Waals surface area contributed by atoms with Crippen LogP contribution in [0.4, 0.5) is 5.69 Å². The number of carbonyl (C=O) groups is 2. The Morgan fingerprint density at radius 2 is 2.13 bits per heavy atom. The van der Waals surface area contributed by atoms with Crippen LogP contribution in [0.5, 0.6) is 0 Å². The molecule has 23 heavy (non-hydrogen) atoms. The smallest absolute Gasteiger partial charge is 0.227 e. The third-order valence-corrected chi connectivity index (χ3v) is 4.61. The predicted octanol–water partition coefficient (Wildman–Crippen LogP) is 2.41. The fraction of sp³-hybridized carbons (Fsp3) is 0.500. The van der Waals surface area contributed by atoms with Gasteiger partial charge in [-0.3, -0.25) is 9.59 Å². The molecule has 126 valence electrons. The lowest BCUT2D eigenvalue weighted by Crippen LogP contribution is -2.34. The first-order valence-corrected chi connectivity index (χ1v) is 8.32. The molecule has 0 radical (unpaired) electrons. The Morgan fingerprint density at radius 1 is 1.39 bits per heavy atom. The molecule has 2 amide bonds. The van der Waals surface area contributed by atoms with Crippen molar-refractivity contribution in [3.8, 4) is 0 Å². The number of nitrogens with one attached hydrogen (secondary N) is 1. The van der Waals surface area contributed by atoms with Crippen molar-refractivity contribution >= 4 is 40.7 Å². The van der Waals surface area contributed by atoms with Crippen LogP contribution < -0.4 is 10.2 Å². The molecule has 0 aromatic heterocycles. The third kappa shape index (κ3) is 4.59. The summed E-state index contributed by atoms with van der Waals surface area (Å²) in [6.45, 7) is 1.85. The van der Waals surface area contributed by atoms with Gasteiger partial charge in [0.1, 0.15) is 0 Å². The summed E-state index contributed by atoms with van der Waals surface area (Å²) in [5.74, 6) is -0.544. The molecule has 1 fully saturated rings. The SMILES string of the molecule is CN(C)CCCNC(=O)C1CC(=O)N(c2cccc(Cl)c2Cl)C1. The molecule has 7 heteroatoms.